The van der Waals surface area contributed by atoms with Gasteiger partial charge in [-0.05, 0) is 37.8 Å². The van der Waals surface area contributed by atoms with Crippen LogP contribution >= 0.6 is 0 Å². The SMILES string of the molecule is O=C1CCCC2=NC(Nc3nc4ccccc4o3)=NC3(CCCC3)[C@@H]12. The highest BCUT2D eigenvalue weighted by Crippen LogP contribution is 2.45. The van der Waals surface area contributed by atoms with Crippen LogP contribution in [0, 0.1) is 5.92 Å². The highest BCUT2D eigenvalue weighted by molar-refractivity contribution is 6.15. The maximum atomic E-state index is 12.6. The molecule has 2 aromatic rings. The number of ketones is 1. The molecule has 3 aliphatic rings. The van der Waals surface area contributed by atoms with Gasteiger partial charge in [0, 0.05) is 12.1 Å². The molecule has 2 fully saturated rings. The number of carbonyl (C=O) groups excluding carboxylic acids is 1. The first-order valence-electron chi connectivity index (χ1n) is 9.06. The van der Waals surface area contributed by atoms with E-state index in [-0.39, 0.29) is 11.5 Å². The van der Waals surface area contributed by atoms with Gasteiger partial charge in [0.15, 0.2) is 5.58 Å². The average Bonchev–Trinajstić information content (AvgIpc) is 3.21. The molecule has 2 aliphatic carbocycles. The van der Waals surface area contributed by atoms with Crippen molar-refractivity contribution in [3.05, 3.63) is 24.3 Å². The van der Waals surface area contributed by atoms with Crippen LogP contribution in [0.25, 0.3) is 11.1 Å². The van der Waals surface area contributed by atoms with Crippen LogP contribution in [0.1, 0.15) is 44.9 Å². The summed E-state index contributed by atoms with van der Waals surface area (Å²) in [5.74, 6) is 0.740. The van der Waals surface area contributed by atoms with Gasteiger partial charge in [-0.1, -0.05) is 25.0 Å². The first-order valence-corrected chi connectivity index (χ1v) is 9.06. The van der Waals surface area contributed by atoms with Crippen molar-refractivity contribution in [1.82, 2.24) is 4.98 Å². The summed E-state index contributed by atoms with van der Waals surface area (Å²) in [6.07, 6.45) is 6.59. The van der Waals surface area contributed by atoms with E-state index in [2.05, 4.69) is 15.3 Å². The molecule has 1 N–H and O–H groups in total. The fraction of sp³-hybridized carbons (Fsp3) is 0.474. The molecule has 1 aromatic heterocycles. The Bertz CT molecular complexity index is 872. The van der Waals surface area contributed by atoms with Crippen molar-refractivity contribution < 1.29 is 9.21 Å². The zero-order valence-electron chi connectivity index (χ0n) is 14.0. The second-order valence-corrected chi connectivity index (χ2v) is 7.21. The Balaban J connectivity index is 1.52. The number of rotatable bonds is 1. The lowest BCUT2D eigenvalue weighted by molar-refractivity contribution is -0.123. The van der Waals surface area contributed by atoms with E-state index in [0.29, 0.717) is 24.2 Å². The van der Waals surface area contributed by atoms with Gasteiger partial charge in [0.05, 0.1) is 11.5 Å². The number of nitrogens with one attached hydrogen (secondary N) is 1. The molecule has 1 spiro atoms. The van der Waals surface area contributed by atoms with Gasteiger partial charge >= 0.3 is 6.01 Å². The predicted octanol–water partition coefficient (Wildman–Crippen LogP) is 3.73. The third kappa shape index (κ3) is 2.39. The van der Waals surface area contributed by atoms with Crippen LogP contribution in [0.4, 0.5) is 6.01 Å². The van der Waals surface area contributed by atoms with Crippen molar-refractivity contribution in [3.63, 3.8) is 0 Å². The van der Waals surface area contributed by atoms with Crippen LogP contribution in [0.2, 0.25) is 0 Å². The number of anilines is 1. The Labute approximate surface area is 145 Å². The topological polar surface area (TPSA) is 79.9 Å². The highest BCUT2D eigenvalue weighted by atomic mass is 16.4. The molecule has 0 saturated heterocycles. The summed E-state index contributed by atoms with van der Waals surface area (Å²) in [6, 6.07) is 8.04. The van der Waals surface area contributed by atoms with E-state index >= 15 is 0 Å². The Morgan fingerprint density at radius 2 is 1.96 bits per heavy atom. The molecule has 2 saturated carbocycles. The molecule has 0 bridgehead atoms. The van der Waals surface area contributed by atoms with Gasteiger partial charge in [-0.2, -0.15) is 4.98 Å². The molecule has 1 aliphatic heterocycles. The van der Waals surface area contributed by atoms with Gasteiger partial charge < -0.3 is 4.42 Å². The van der Waals surface area contributed by atoms with E-state index < -0.39 is 0 Å². The molecular weight excluding hydrogens is 316 g/mol. The number of aromatic nitrogens is 1. The number of hydrogen-bond donors (Lipinski definition) is 1. The van der Waals surface area contributed by atoms with Crippen LogP contribution in [-0.4, -0.2) is 28.0 Å². The molecule has 0 amide bonds. The fourth-order valence-electron chi connectivity index (χ4n) is 4.55. The van der Waals surface area contributed by atoms with Crippen molar-refractivity contribution >= 4 is 34.6 Å². The largest absolute Gasteiger partial charge is 0.423 e. The minimum atomic E-state index is -0.303. The van der Waals surface area contributed by atoms with E-state index in [9.17, 15) is 4.79 Å². The minimum absolute atomic E-state index is 0.113. The lowest BCUT2D eigenvalue weighted by atomic mass is 9.71. The van der Waals surface area contributed by atoms with Crippen molar-refractivity contribution in [2.75, 3.05) is 5.32 Å². The predicted molar refractivity (Wildman–Crippen MR) is 96.0 cm³/mol. The van der Waals surface area contributed by atoms with Gasteiger partial charge in [0.1, 0.15) is 11.3 Å². The number of oxazole rings is 1. The van der Waals surface area contributed by atoms with Crippen LogP contribution in [0.5, 0.6) is 0 Å². The Kier molecular flexibility index (Phi) is 3.26. The highest BCUT2D eigenvalue weighted by Gasteiger charge is 2.50. The summed E-state index contributed by atoms with van der Waals surface area (Å²) in [7, 11) is 0. The number of aliphatic imine (C=N–C) groups is 2. The van der Waals surface area contributed by atoms with Crippen LogP contribution in [-0.2, 0) is 4.79 Å². The van der Waals surface area contributed by atoms with E-state index in [1.54, 1.807) is 0 Å². The standard InChI is InChI=1S/C19H20N4O2/c24-14-8-5-7-13-16(14)19(10-3-4-11-19)23-17(20-13)22-18-21-12-6-1-2-9-15(12)25-18/h1-2,6,9,16H,3-5,7-8,10-11H2,(H,21,22,23)/t16-/m1/s1. The van der Waals surface area contributed by atoms with E-state index in [4.69, 9.17) is 9.41 Å². The summed E-state index contributed by atoms with van der Waals surface area (Å²) in [5.41, 5.74) is 2.22. The molecule has 1 atom stereocenters. The molecule has 1 aromatic carbocycles. The second kappa shape index (κ2) is 5.51. The molecule has 2 heterocycles. The first kappa shape index (κ1) is 14.8. The lowest BCUT2D eigenvalue weighted by Gasteiger charge is -2.39. The zero-order valence-corrected chi connectivity index (χ0v) is 14.0. The number of hydrogen-bond acceptors (Lipinski definition) is 6. The van der Waals surface area contributed by atoms with E-state index in [1.807, 2.05) is 24.3 Å². The summed E-state index contributed by atoms with van der Waals surface area (Å²) >= 11 is 0. The maximum Gasteiger partial charge on any atom is 0.302 e. The van der Waals surface area contributed by atoms with Crippen molar-refractivity contribution in [2.24, 2.45) is 15.9 Å². The average molecular weight is 336 g/mol. The molecule has 25 heavy (non-hydrogen) atoms. The summed E-state index contributed by atoms with van der Waals surface area (Å²) in [6.45, 7) is 0. The maximum absolute atomic E-state index is 12.6. The van der Waals surface area contributed by atoms with Gasteiger partial charge in [-0.3, -0.25) is 10.1 Å². The quantitative estimate of drug-likeness (QED) is 0.860. The second-order valence-electron chi connectivity index (χ2n) is 7.21. The van der Waals surface area contributed by atoms with Crippen molar-refractivity contribution in [3.8, 4) is 0 Å². The Morgan fingerprint density at radius 1 is 1.12 bits per heavy atom. The molecular formula is C19H20N4O2. The van der Waals surface area contributed by atoms with Crippen LogP contribution in [0.3, 0.4) is 0 Å². The summed E-state index contributed by atoms with van der Waals surface area (Å²) in [5, 5.41) is 3.14. The molecule has 0 unspecified atom stereocenters. The Hall–Kier alpha value is -2.50. The third-order valence-corrected chi connectivity index (χ3v) is 5.61. The number of guanidine groups is 1. The van der Waals surface area contributed by atoms with Gasteiger partial charge in [0.25, 0.3) is 0 Å². The molecule has 6 nitrogen and oxygen atoms in total. The van der Waals surface area contributed by atoms with E-state index in [1.165, 1.54) is 0 Å². The lowest BCUT2D eigenvalue weighted by Crippen LogP contribution is -2.49. The first-order chi connectivity index (χ1) is 12.2. The molecule has 6 heteroatoms. The number of carbonyl (C=O) groups is 1. The van der Waals surface area contributed by atoms with E-state index in [0.717, 1.165) is 55.3 Å². The number of para-hydroxylation sites is 2. The third-order valence-electron chi connectivity index (χ3n) is 5.61. The minimum Gasteiger partial charge on any atom is -0.423 e. The molecule has 0 radical (unpaired) electrons. The molecule has 5 rings (SSSR count). The fourth-order valence-corrected chi connectivity index (χ4v) is 4.55. The summed E-state index contributed by atoms with van der Waals surface area (Å²) in [4.78, 5) is 26.6. The number of Topliss-reactive ketones (excluding diaryl/α,β-unsaturated/α-hetero) is 1. The number of benzene rings is 1. The van der Waals surface area contributed by atoms with Gasteiger partial charge in [-0.15, -0.1) is 0 Å². The summed E-state index contributed by atoms with van der Waals surface area (Å²) < 4.78 is 5.74. The zero-order chi connectivity index (χ0) is 16.9. The monoisotopic (exact) mass is 336 g/mol. The normalized spacial score (nSPS) is 25.0. The molecule has 128 valence electrons. The van der Waals surface area contributed by atoms with Crippen molar-refractivity contribution in [2.45, 2.75) is 50.5 Å². The smallest absolute Gasteiger partial charge is 0.302 e. The van der Waals surface area contributed by atoms with Gasteiger partial charge in [-0.25, -0.2) is 9.98 Å². The van der Waals surface area contributed by atoms with Crippen LogP contribution < -0.4 is 5.32 Å². The van der Waals surface area contributed by atoms with Crippen LogP contribution in [0.15, 0.2) is 38.7 Å². The number of nitrogens with zero attached hydrogens (tertiary/aromatic N) is 3. The van der Waals surface area contributed by atoms with Crippen molar-refractivity contribution in [1.29, 1.82) is 0 Å². The van der Waals surface area contributed by atoms with Gasteiger partial charge in [0.2, 0.25) is 5.96 Å². The number of fused-ring (bicyclic) bond motifs is 3. The Morgan fingerprint density at radius 3 is 2.80 bits per heavy atom.